The van der Waals surface area contributed by atoms with E-state index < -0.39 is 10.0 Å². The summed E-state index contributed by atoms with van der Waals surface area (Å²) in [6.07, 6.45) is 0. The number of ether oxygens (including phenoxy) is 1. The number of nitrogens with zero attached hydrogens (tertiary/aromatic N) is 1. The van der Waals surface area contributed by atoms with Crippen molar-refractivity contribution < 1.29 is 13.2 Å². The van der Waals surface area contributed by atoms with Gasteiger partial charge in [-0.05, 0) is 12.8 Å². The Bertz CT molecular complexity index is 470. The molecule has 0 amide bonds. The van der Waals surface area contributed by atoms with E-state index in [1.54, 1.807) is 14.0 Å². The Morgan fingerprint density at radius 1 is 1.59 bits per heavy atom. The second-order valence-corrected chi connectivity index (χ2v) is 6.83. The van der Waals surface area contributed by atoms with Crippen molar-refractivity contribution in [3.05, 3.63) is 5.69 Å². The van der Waals surface area contributed by atoms with Crippen LogP contribution in [-0.4, -0.2) is 33.7 Å². The molecule has 1 aromatic heterocycles. The van der Waals surface area contributed by atoms with E-state index in [1.165, 1.54) is 0 Å². The zero-order valence-electron chi connectivity index (χ0n) is 10.1. The summed E-state index contributed by atoms with van der Waals surface area (Å²) < 4.78 is 31.5. The molecule has 0 aliphatic heterocycles. The number of nitrogen functional groups attached to an aromatic ring is 1. The maximum Gasteiger partial charge on any atom is 0.252 e. The lowest BCUT2D eigenvalue weighted by Gasteiger charge is -2.11. The van der Waals surface area contributed by atoms with Crippen molar-refractivity contribution in [1.82, 2.24) is 9.71 Å². The van der Waals surface area contributed by atoms with Gasteiger partial charge in [-0.1, -0.05) is 18.3 Å². The largest absolute Gasteiger partial charge is 0.384 e. The van der Waals surface area contributed by atoms with E-state index in [0.29, 0.717) is 18.8 Å². The first-order valence-electron chi connectivity index (χ1n) is 5.08. The molecule has 8 heteroatoms. The number of methoxy groups -OCH3 is 1. The number of aromatic nitrogens is 1. The van der Waals surface area contributed by atoms with Gasteiger partial charge in [0.25, 0.3) is 10.0 Å². The number of sulfonamides is 1. The third-order valence-corrected chi connectivity index (χ3v) is 5.11. The summed E-state index contributed by atoms with van der Waals surface area (Å²) in [5.74, 6) is 0.111. The number of nitrogens with two attached hydrogens (primary N) is 1. The monoisotopic (exact) mass is 279 g/mol. The molecular formula is C9H17N3O3S2. The minimum absolute atomic E-state index is 0.111. The van der Waals surface area contributed by atoms with Crippen LogP contribution in [0.3, 0.4) is 0 Å². The van der Waals surface area contributed by atoms with E-state index in [-0.39, 0.29) is 15.3 Å². The Labute approximate surface area is 105 Å². The third-order valence-electron chi connectivity index (χ3n) is 2.09. The number of hydrogen-bond donors (Lipinski definition) is 2. The Balaban J connectivity index is 2.73. The summed E-state index contributed by atoms with van der Waals surface area (Å²) in [6.45, 7) is 4.36. The number of thiazole rings is 1. The van der Waals surface area contributed by atoms with Gasteiger partial charge < -0.3 is 10.5 Å². The fourth-order valence-corrected chi connectivity index (χ4v) is 3.82. The van der Waals surface area contributed by atoms with Gasteiger partial charge in [-0.15, -0.1) is 0 Å². The smallest absolute Gasteiger partial charge is 0.252 e. The van der Waals surface area contributed by atoms with Crippen LogP contribution in [0.5, 0.6) is 0 Å². The van der Waals surface area contributed by atoms with Crippen molar-refractivity contribution in [3.8, 4) is 0 Å². The van der Waals surface area contributed by atoms with Crippen LogP contribution in [0.4, 0.5) is 5.13 Å². The van der Waals surface area contributed by atoms with E-state index in [4.69, 9.17) is 10.5 Å². The van der Waals surface area contributed by atoms with Crippen molar-refractivity contribution in [3.63, 3.8) is 0 Å². The Morgan fingerprint density at radius 2 is 2.24 bits per heavy atom. The van der Waals surface area contributed by atoms with Gasteiger partial charge >= 0.3 is 0 Å². The molecule has 1 atom stereocenters. The minimum atomic E-state index is -3.51. The number of nitrogens with one attached hydrogen (secondary N) is 1. The highest BCUT2D eigenvalue weighted by Gasteiger charge is 2.21. The summed E-state index contributed by atoms with van der Waals surface area (Å²) in [5.41, 5.74) is 5.90. The van der Waals surface area contributed by atoms with E-state index in [0.717, 1.165) is 11.3 Å². The first-order chi connectivity index (χ1) is 7.86. The highest BCUT2D eigenvalue weighted by Crippen LogP contribution is 2.24. The fourth-order valence-electron chi connectivity index (χ4n) is 1.31. The molecule has 0 radical (unpaired) electrons. The van der Waals surface area contributed by atoms with Gasteiger partial charge in [-0.25, -0.2) is 18.1 Å². The quantitative estimate of drug-likeness (QED) is 0.795. The first-order valence-corrected chi connectivity index (χ1v) is 7.38. The molecule has 0 fully saturated rings. The predicted molar refractivity (Wildman–Crippen MR) is 67.5 cm³/mol. The van der Waals surface area contributed by atoms with Gasteiger partial charge in [-0.3, -0.25) is 0 Å². The standard InChI is InChI=1S/C9H17N3O3S2/c1-6(5-15-3)4-11-17(13,14)8-7(2)12-9(10)16-8/h6,11H,4-5H2,1-3H3,(H2,10,12). The van der Waals surface area contributed by atoms with Gasteiger partial charge in [0.1, 0.15) is 0 Å². The summed E-state index contributed by atoms with van der Waals surface area (Å²) in [6, 6.07) is 0. The second-order valence-electron chi connectivity index (χ2n) is 3.84. The number of hydrogen-bond acceptors (Lipinski definition) is 6. The molecule has 0 aliphatic carbocycles. The van der Waals surface area contributed by atoms with Crippen LogP contribution in [0.1, 0.15) is 12.6 Å². The first kappa shape index (κ1) is 14.4. The SMILES string of the molecule is COCC(C)CNS(=O)(=O)c1sc(N)nc1C. The van der Waals surface area contributed by atoms with E-state index >= 15 is 0 Å². The lowest BCUT2D eigenvalue weighted by atomic mass is 10.2. The number of rotatable bonds is 6. The predicted octanol–water partition coefficient (Wildman–Crippen LogP) is 0.595. The Hall–Kier alpha value is -0.700. The van der Waals surface area contributed by atoms with E-state index in [1.807, 2.05) is 6.92 Å². The van der Waals surface area contributed by atoms with Gasteiger partial charge in [0, 0.05) is 20.3 Å². The zero-order chi connectivity index (χ0) is 13.1. The van der Waals surface area contributed by atoms with Crippen LogP contribution in [-0.2, 0) is 14.8 Å². The Kier molecular flexibility index (Phi) is 4.87. The molecule has 1 rings (SSSR count). The van der Waals surface area contributed by atoms with E-state index in [2.05, 4.69) is 9.71 Å². The summed E-state index contributed by atoms with van der Waals surface area (Å²) in [4.78, 5) is 3.89. The van der Waals surface area contributed by atoms with Crippen molar-refractivity contribution in [2.24, 2.45) is 5.92 Å². The molecule has 1 unspecified atom stereocenters. The molecule has 1 aromatic rings. The molecule has 6 nitrogen and oxygen atoms in total. The summed E-state index contributed by atoms with van der Waals surface area (Å²) in [5, 5.41) is 0.257. The minimum Gasteiger partial charge on any atom is -0.384 e. The normalized spacial score (nSPS) is 13.8. The fraction of sp³-hybridized carbons (Fsp3) is 0.667. The van der Waals surface area contributed by atoms with E-state index in [9.17, 15) is 8.42 Å². The highest BCUT2D eigenvalue weighted by atomic mass is 32.2. The zero-order valence-corrected chi connectivity index (χ0v) is 11.7. The van der Waals surface area contributed by atoms with Crippen LogP contribution >= 0.6 is 11.3 Å². The molecule has 98 valence electrons. The molecule has 3 N–H and O–H groups in total. The van der Waals surface area contributed by atoms with Crippen LogP contribution in [0, 0.1) is 12.8 Å². The molecule has 0 aliphatic rings. The molecule has 0 saturated heterocycles. The lowest BCUT2D eigenvalue weighted by Crippen LogP contribution is -2.29. The number of anilines is 1. The maximum atomic E-state index is 11.9. The molecule has 0 saturated carbocycles. The van der Waals surface area contributed by atoms with Gasteiger partial charge in [0.2, 0.25) is 0 Å². The van der Waals surface area contributed by atoms with Crippen molar-refractivity contribution >= 4 is 26.5 Å². The molecule has 1 heterocycles. The van der Waals surface area contributed by atoms with Crippen molar-refractivity contribution in [2.45, 2.75) is 18.1 Å². The number of aryl methyl sites for hydroxylation is 1. The topological polar surface area (TPSA) is 94.3 Å². The molecule has 17 heavy (non-hydrogen) atoms. The van der Waals surface area contributed by atoms with Crippen molar-refractivity contribution in [1.29, 1.82) is 0 Å². The van der Waals surface area contributed by atoms with Crippen LogP contribution in [0.2, 0.25) is 0 Å². The van der Waals surface area contributed by atoms with Gasteiger partial charge in [-0.2, -0.15) is 0 Å². The molecule has 0 bridgehead atoms. The third kappa shape index (κ3) is 3.91. The second kappa shape index (κ2) is 5.76. The summed E-state index contributed by atoms with van der Waals surface area (Å²) in [7, 11) is -1.93. The Morgan fingerprint density at radius 3 is 2.71 bits per heavy atom. The molecule has 0 spiro atoms. The average Bonchev–Trinajstić information content (AvgIpc) is 2.56. The van der Waals surface area contributed by atoms with Crippen LogP contribution in [0.15, 0.2) is 4.21 Å². The lowest BCUT2D eigenvalue weighted by molar-refractivity contribution is 0.161. The van der Waals surface area contributed by atoms with Crippen LogP contribution in [0.25, 0.3) is 0 Å². The van der Waals surface area contributed by atoms with Crippen LogP contribution < -0.4 is 10.5 Å². The highest BCUT2D eigenvalue weighted by molar-refractivity contribution is 7.91. The maximum absolute atomic E-state index is 11.9. The average molecular weight is 279 g/mol. The molecule has 0 aromatic carbocycles. The van der Waals surface area contributed by atoms with Gasteiger partial charge in [0.05, 0.1) is 5.69 Å². The molecular weight excluding hydrogens is 262 g/mol. The van der Waals surface area contributed by atoms with Crippen molar-refractivity contribution in [2.75, 3.05) is 26.0 Å². The van der Waals surface area contributed by atoms with Gasteiger partial charge in [0.15, 0.2) is 9.34 Å². The summed E-state index contributed by atoms with van der Waals surface area (Å²) >= 11 is 0.971.